The lowest BCUT2D eigenvalue weighted by Gasteiger charge is -2.23. The quantitative estimate of drug-likeness (QED) is 0.713. The van der Waals surface area contributed by atoms with E-state index in [-0.39, 0.29) is 6.42 Å². The summed E-state index contributed by atoms with van der Waals surface area (Å²) in [6, 6.07) is 17.7. The number of hydrogen-bond acceptors (Lipinski definition) is 3. The van der Waals surface area contributed by atoms with Crippen LogP contribution in [0.15, 0.2) is 78.9 Å². The summed E-state index contributed by atoms with van der Waals surface area (Å²) in [7, 11) is 0. The molecule has 0 aromatic heterocycles. The monoisotopic (exact) mass is 366 g/mol. The Morgan fingerprint density at radius 1 is 0.778 bits per heavy atom. The number of rotatable bonds is 4. The molecule has 2 aromatic carbocycles. The third-order valence-corrected chi connectivity index (χ3v) is 4.08. The molecule has 0 aliphatic heterocycles. The molecule has 138 valence electrons. The number of aliphatic carboxylic acids is 2. The van der Waals surface area contributed by atoms with Gasteiger partial charge in [-0.2, -0.15) is 0 Å². The minimum atomic E-state index is -1.84. The fourth-order valence-corrected chi connectivity index (χ4v) is 2.47. The maximum absolute atomic E-state index is 11.1. The van der Waals surface area contributed by atoms with Gasteiger partial charge < -0.3 is 15.3 Å². The lowest BCUT2D eigenvalue weighted by atomic mass is 9.79. The lowest BCUT2D eigenvalue weighted by molar-refractivity contribution is -0.160. The lowest BCUT2D eigenvalue weighted by Crippen LogP contribution is -2.38. The molecule has 1 aliphatic rings. The molecule has 0 saturated carbocycles. The van der Waals surface area contributed by atoms with Crippen molar-refractivity contribution in [3.8, 4) is 0 Å². The van der Waals surface area contributed by atoms with E-state index in [0.29, 0.717) is 5.56 Å². The number of carboxylic acids is 3. The summed E-state index contributed by atoms with van der Waals surface area (Å²) in [6.45, 7) is 0. The topological polar surface area (TPSA) is 112 Å². The number of carboxylic acid groups (broad SMARTS) is 3. The summed E-state index contributed by atoms with van der Waals surface area (Å²) < 4.78 is 0. The molecule has 0 radical (unpaired) electrons. The van der Waals surface area contributed by atoms with Crippen LogP contribution >= 0.6 is 0 Å². The van der Waals surface area contributed by atoms with Gasteiger partial charge in [0.15, 0.2) is 5.41 Å². The average molecular weight is 366 g/mol. The van der Waals surface area contributed by atoms with Gasteiger partial charge in [0, 0.05) is 0 Å². The predicted molar refractivity (Wildman–Crippen MR) is 99.3 cm³/mol. The molecule has 6 nitrogen and oxygen atoms in total. The van der Waals surface area contributed by atoms with E-state index in [4.69, 9.17) is 15.3 Å². The Balaban J connectivity index is 0.000000244. The molecule has 0 heterocycles. The van der Waals surface area contributed by atoms with Crippen molar-refractivity contribution in [2.75, 3.05) is 0 Å². The van der Waals surface area contributed by atoms with E-state index in [0.717, 1.165) is 11.1 Å². The Morgan fingerprint density at radius 2 is 1.30 bits per heavy atom. The van der Waals surface area contributed by atoms with Crippen LogP contribution in [0, 0.1) is 5.41 Å². The van der Waals surface area contributed by atoms with Crippen molar-refractivity contribution in [2.45, 2.75) is 6.42 Å². The van der Waals surface area contributed by atoms with E-state index >= 15 is 0 Å². The zero-order chi connectivity index (χ0) is 19.9. The second-order valence-electron chi connectivity index (χ2n) is 5.82. The zero-order valence-corrected chi connectivity index (χ0v) is 14.3. The van der Waals surface area contributed by atoms with Crippen molar-refractivity contribution in [3.63, 3.8) is 0 Å². The van der Waals surface area contributed by atoms with Crippen molar-refractivity contribution in [1.82, 2.24) is 0 Å². The summed E-state index contributed by atoms with van der Waals surface area (Å²) >= 11 is 0. The Hall–Kier alpha value is -3.67. The molecule has 0 saturated heterocycles. The molecule has 3 rings (SSSR count). The van der Waals surface area contributed by atoms with Crippen LogP contribution in [-0.2, 0) is 9.59 Å². The van der Waals surface area contributed by atoms with E-state index in [9.17, 15) is 14.4 Å². The minimum Gasteiger partial charge on any atom is -0.480 e. The van der Waals surface area contributed by atoms with Crippen molar-refractivity contribution in [1.29, 1.82) is 0 Å². The van der Waals surface area contributed by atoms with Gasteiger partial charge in [0.1, 0.15) is 0 Å². The zero-order valence-electron chi connectivity index (χ0n) is 14.3. The minimum absolute atomic E-state index is 0.0433. The van der Waals surface area contributed by atoms with Gasteiger partial charge >= 0.3 is 17.9 Å². The molecular weight excluding hydrogens is 348 g/mol. The molecule has 0 atom stereocenters. The highest BCUT2D eigenvalue weighted by Crippen LogP contribution is 2.33. The standard InChI is InChI=1S/C14H12O4.C7H6O2/c15-12(16)14(13(17)18)8-6-11(7-9-14)10-4-2-1-3-5-10;8-7(9)6-4-2-1-3-5-6/h1-8H,9H2,(H,15,16)(H,17,18);1-5H,(H,8,9). The fraction of sp³-hybridized carbons (Fsp3) is 0.0952. The SMILES string of the molecule is O=C(O)C1(C(=O)O)C=CC(c2ccccc2)=CC1.O=C(O)c1ccccc1. The van der Waals surface area contributed by atoms with Crippen molar-refractivity contribution >= 4 is 23.5 Å². The van der Waals surface area contributed by atoms with Gasteiger partial charge in [-0.25, -0.2) is 4.79 Å². The molecule has 27 heavy (non-hydrogen) atoms. The van der Waals surface area contributed by atoms with E-state index in [1.807, 2.05) is 30.3 Å². The Kier molecular flexibility index (Phi) is 6.27. The van der Waals surface area contributed by atoms with Crippen molar-refractivity contribution < 1.29 is 29.7 Å². The first-order valence-electron chi connectivity index (χ1n) is 8.07. The van der Waals surface area contributed by atoms with Crippen LogP contribution in [0.2, 0.25) is 0 Å². The summed E-state index contributed by atoms with van der Waals surface area (Å²) in [5.41, 5.74) is 0.280. The molecule has 0 amide bonds. The Bertz CT molecular complexity index is 867. The van der Waals surface area contributed by atoms with Gasteiger partial charge in [-0.05, 0) is 29.7 Å². The van der Waals surface area contributed by atoms with Crippen LogP contribution in [0.4, 0.5) is 0 Å². The van der Waals surface area contributed by atoms with Crippen LogP contribution < -0.4 is 0 Å². The Morgan fingerprint density at radius 3 is 1.67 bits per heavy atom. The predicted octanol–water partition coefficient (Wildman–Crippen LogP) is 3.57. The van der Waals surface area contributed by atoms with Crippen LogP contribution in [0.25, 0.3) is 5.57 Å². The van der Waals surface area contributed by atoms with Crippen molar-refractivity contribution in [3.05, 3.63) is 90.0 Å². The van der Waals surface area contributed by atoms with E-state index in [2.05, 4.69) is 0 Å². The van der Waals surface area contributed by atoms with Crippen LogP contribution in [-0.4, -0.2) is 33.2 Å². The third kappa shape index (κ3) is 4.70. The first-order valence-corrected chi connectivity index (χ1v) is 8.07. The molecule has 0 fully saturated rings. The summed E-state index contributed by atoms with van der Waals surface area (Å²) in [5, 5.41) is 26.5. The second-order valence-corrected chi connectivity index (χ2v) is 5.82. The third-order valence-electron chi connectivity index (χ3n) is 4.08. The number of benzene rings is 2. The first-order chi connectivity index (χ1) is 12.9. The van der Waals surface area contributed by atoms with Gasteiger partial charge in [-0.1, -0.05) is 66.8 Å². The van der Waals surface area contributed by atoms with E-state index < -0.39 is 23.3 Å². The van der Waals surface area contributed by atoms with Gasteiger partial charge in [0.2, 0.25) is 0 Å². The maximum atomic E-state index is 11.1. The summed E-state index contributed by atoms with van der Waals surface area (Å²) in [5.74, 6) is -3.56. The van der Waals surface area contributed by atoms with Crippen LogP contribution in [0.1, 0.15) is 22.3 Å². The number of allylic oxidation sites excluding steroid dienone is 3. The molecule has 6 heteroatoms. The molecule has 0 unspecified atom stereocenters. The Labute approximate surface area is 155 Å². The second kappa shape index (κ2) is 8.62. The van der Waals surface area contributed by atoms with Crippen LogP contribution in [0.3, 0.4) is 0 Å². The highest BCUT2D eigenvalue weighted by Gasteiger charge is 2.44. The number of carbonyl (C=O) groups is 3. The van der Waals surface area contributed by atoms with Gasteiger partial charge in [-0.3, -0.25) is 9.59 Å². The molecular formula is C21H18O6. The molecule has 3 N–H and O–H groups in total. The summed E-state index contributed by atoms with van der Waals surface area (Å²) in [6.07, 6.45) is 4.41. The number of aromatic carboxylic acids is 1. The molecule has 0 spiro atoms. The van der Waals surface area contributed by atoms with Gasteiger partial charge in [0.05, 0.1) is 5.56 Å². The van der Waals surface area contributed by atoms with E-state index in [1.165, 1.54) is 6.08 Å². The highest BCUT2D eigenvalue weighted by atomic mass is 16.4. The normalized spacial score (nSPS) is 14.3. The largest absolute Gasteiger partial charge is 0.480 e. The first kappa shape index (κ1) is 19.7. The molecule has 2 aromatic rings. The van der Waals surface area contributed by atoms with Gasteiger partial charge in [0.25, 0.3) is 0 Å². The number of hydrogen-bond donors (Lipinski definition) is 3. The van der Waals surface area contributed by atoms with E-state index in [1.54, 1.807) is 42.5 Å². The fourth-order valence-electron chi connectivity index (χ4n) is 2.47. The highest BCUT2D eigenvalue weighted by molar-refractivity contribution is 6.02. The van der Waals surface area contributed by atoms with Crippen molar-refractivity contribution in [2.24, 2.45) is 5.41 Å². The molecule has 0 bridgehead atoms. The summed E-state index contributed by atoms with van der Waals surface area (Å²) in [4.78, 5) is 32.4. The maximum Gasteiger partial charge on any atom is 0.335 e. The van der Waals surface area contributed by atoms with Crippen LogP contribution in [0.5, 0.6) is 0 Å². The molecule has 1 aliphatic carbocycles. The average Bonchev–Trinajstić information content (AvgIpc) is 2.69. The van der Waals surface area contributed by atoms with Gasteiger partial charge in [-0.15, -0.1) is 0 Å². The smallest absolute Gasteiger partial charge is 0.335 e.